The summed E-state index contributed by atoms with van der Waals surface area (Å²) in [5, 5.41) is 18.0. The molecular formula is C6H13O2+. The summed E-state index contributed by atoms with van der Waals surface area (Å²) in [6, 6.07) is 0. The van der Waals surface area contributed by atoms with Crippen LogP contribution in [0.25, 0.3) is 0 Å². The largest absolute Gasteiger partial charge is 0.383 e. The maximum absolute atomic E-state index is 9.04. The van der Waals surface area contributed by atoms with Gasteiger partial charge >= 0.3 is 0 Å². The highest BCUT2D eigenvalue weighted by Crippen LogP contribution is 2.18. The first-order valence-corrected chi connectivity index (χ1v) is 2.55. The van der Waals surface area contributed by atoms with E-state index >= 15 is 0 Å². The maximum Gasteiger partial charge on any atom is 0.227 e. The summed E-state index contributed by atoms with van der Waals surface area (Å²) in [4.78, 5) is 0. The second-order valence-corrected chi connectivity index (χ2v) is 2.83. The van der Waals surface area contributed by atoms with Crippen LogP contribution < -0.4 is 0 Å². The third-order valence-corrected chi connectivity index (χ3v) is 1.32. The Kier molecular flexibility index (Phi) is 1.59. The predicted molar refractivity (Wildman–Crippen MR) is 32.3 cm³/mol. The minimum absolute atomic E-state index is 1.12. The predicted octanol–water partition coefficient (Wildman–Crippen LogP) is 0.342. The van der Waals surface area contributed by atoms with Gasteiger partial charge in [0, 0.05) is 6.92 Å². The van der Waals surface area contributed by atoms with E-state index in [1.807, 2.05) is 0 Å². The molecule has 0 saturated heterocycles. The number of hydrogen-bond donors (Lipinski definition) is 2. The highest BCUT2D eigenvalue weighted by molar-refractivity contribution is 4.91. The van der Waals surface area contributed by atoms with Crippen molar-refractivity contribution in [3.63, 3.8) is 0 Å². The van der Waals surface area contributed by atoms with Gasteiger partial charge in [0.05, 0.1) is 6.92 Å². The van der Waals surface area contributed by atoms with Gasteiger partial charge in [0.2, 0.25) is 5.60 Å². The first kappa shape index (κ1) is 7.79. The van der Waals surface area contributed by atoms with Crippen molar-refractivity contribution in [2.45, 2.75) is 32.0 Å². The van der Waals surface area contributed by atoms with Gasteiger partial charge in [-0.05, 0) is 13.8 Å². The van der Waals surface area contributed by atoms with Gasteiger partial charge in [0.15, 0.2) is 0 Å². The van der Waals surface area contributed by atoms with E-state index in [-0.39, 0.29) is 0 Å². The first-order chi connectivity index (χ1) is 3.25. The van der Waals surface area contributed by atoms with Crippen molar-refractivity contribution in [2.24, 2.45) is 0 Å². The standard InChI is InChI=1S/C6H13O2/c1-5(2,7)6(3,4)8/h7-8H,1H2,2-4H3/q+1. The summed E-state index contributed by atoms with van der Waals surface area (Å²) in [7, 11) is 0. The third kappa shape index (κ3) is 1.72. The Morgan fingerprint density at radius 1 is 1.12 bits per heavy atom. The lowest BCUT2D eigenvalue weighted by Crippen LogP contribution is -2.44. The first-order valence-electron chi connectivity index (χ1n) is 2.55. The van der Waals surface area contributed by atoms with E-state index in [0.717, 1.165) is 0 Å². The molecule has 8 heavy (non-hydrogen) atoms. The Labute approximate surface area is 50.2 Å². The molecule has 48 valence electrons. The van der Waals surface area contributed by atoms with Gasteiger partial charge in [0.25, 0.3) is 0 Å². The van der Waals surface area contributed by atoms with Crippen LogP contribution in [0.1, 0.15) is 20.8 Å². The average Bonchev–Trinajstić information content (AvgIpc) is 1.25. The Bertz CT molecular complexity index is 61.5. The lowest BCUT2D eigenvalue weighted by molar-refractivity contribution is -0.0902. The zero-order valence-corrected chi connectivity index (χ0v) is 5.60. The fourth-order valence-corrected chi connectivity index (χ4v) is 0. The Morgan fingerprint density at radius 2 is 1.25 bits per heavy atom. The highest BCUT2D eigenvalue weighted by Gasteiger charge is 2.39. The highest BCUT2D eigenvalue weighted by atomic mass is 16.3. The zero-order chi connectivity index (χ0) is 7.00. The summed E-state index contributed by atoms with van der Waals surface area (Å²) < 4.78 is 0. The molecule has 2 nitrogen and oxygen atoms in total. The second-order valence-electron chi connectivity index (χ2n) is 2.83. The van der Waals surface area contributed by atoms with Crippen LogP contribution >= 0.6 is 0 Å². The van der Waals surface area contributed by atoms with Crippen molar-refractivity contribution >= 4 is 0 Å². The van der Waals surface area contributed by atoms with Crippen LogP contribution in [0.2, 0.25) is 0 Å². The van der Waals surface area contributed by atoms with Gasteiger partial charge in [-0.1, -0.05) is 0 Å². The van der Waals surface area contributed by atoms with E-state index in [2.05, 4.69) is 6.92 Å². The summed E-state index contributed by atoms with van der Waals surface area (Å²) in [6.07, 6.45) is 0. The normalized spacial score (nSPS) is 20.1. The molecule has 0 aromatic rings. The Morgan fingerprint density at radius 3 is 1.25 bits per heavy atom. The minimum Gasteiger partial charge on any atom is -0.383 e. The van der Waals surface area contributed by atoms with E-state index in [0.29, 0.717) is 0 Å². The molecule has 0 fully saturated rings. The summed E-state index contributed by atoms with van der Waals surface area (Å²) in [5.74, 6) is 0. The molecule has 0 aromatic heterocycles. The van der Waals surface area contributed by atoms with E-state index in [1.54, 1.807) is 0 Å². The van der Waals surface area contributed by atoms with Gasteiger partial charge in [-0.3, -0.25) is 0 Å². The summed E-state index contributed by atoms with van der Waals surface area (Å²) in [6.45, 7) is 7.84. The molecule has 0 aliphatic rings. The monoisotopic (exact) mass is 117 g/mol. The van der Waals surface area contributed by atoms with Crippen molar-refractivity contribution in [1.82, 2.24) is 0 Å². The molecular weight excluding hydrogens is 104 g/mol. The van der Waals surface area contributed by atoms with Crippen LogP contribution in [-0.4, -0.2) is 21.4 Å². The van der Waals surface area contributed by atoms with E-state index in [1.165, 1.54) is 20.8 Å². The van der Waals surface area contributed by atoms with E-state index < -0.39 is 11.2 Å². The van der Waals surface area contributed by atoms with Gasteiger partial charge < -0.3 is 10.2 Å². The van der Waals surface area contributed by atoms with Crippen LogP contribution in [0.5, 0.6) is 0 Å². The molecule has 0 spiro atoms. The molecule has 1 atom stereocenters. The SMILES string of the molecule is [CH2+]C(C)(O)C(C)(C)O. The smallest absolute Gasteiger partial charge is 0.227 e. The van der Waals surface area contributed by atoms with Gasteiger partial charge in [-0.2, -0.15) is 0 Å². The number of aliphatic hydroxyl groups is 2. The van der Waals surface area contributed by atoms with Crippen molar-refractivity contribution in [1.29, 1.82) is 0 Å². The molecule has 2 N–H and O–H groups in total. The topological polar surface area (TPSA) is 40.5 Å². The molecule has 0 rings (SSSR count). The number of hydrogen-bond acceptors (Lipinski definition) is 2. The van der Waals surface area contributed by atoms with Crippen molar-refractivity contribution in [3.8, 4) is 0 Å². The van der Waals surface area contributed by atoms with Crippen LogP contribution in [-0.2, 0) is 0 Å². The van der Waals surface area contributed by atoms with Crippen molar-refractivity contribution < 1.29 is 10.2 Å². The quantitative estimate of drug-likeness (QED) is 0.486. The van der Waals surface area contributed by atoms with E-state index in [4.69, 9.17) is 10.2 Å². The number of rotatable bonds is 1. The van der Waals surface area contributed by atoms with Crippen molar-refractivity contribution in [3.05, 3.63) is 6.92 Å². The molecule has 0 aliphatic heterocycles. The zero-order valence-electron chi connectivity index (χ0n) is 5.60. The molecule has 0 aliphatic carbocycles. The molecule has 2 heteroatoms. The van der Waals surface area contributed by atoms with Crippen molar-refractivity contribution in [2.75, 3.05) is 0 Å². The Hall–Kier alpha value is -0.210. The minimum atomic E-state index is -1.26. The fraction of sp³-hybridized carbons (Fsp3) is 0.833. The van der Waals surface area contributed by atoms with Gasteiger partial charge in [-0.25, -0.2) is 0 Å². The lowest BCUT2D eigenvalue weighted by Gasteiger charge is -2.24. The molecule has 0 aromatic carbocycles. The maximum atomic E-state index is 9.04. The molecule has 0 bridgehead atoms. The molecule has 1 unspecified atom stereocenters. The molecule has 0 heterocycles. The van der Waals surface area contributed by atoms with Gasteiger partial charge in [0.1, 0.15) is 5.60 Å². The summed E-state index contributed by atoms with van der Waals surface area (Å²) in [5.41, 5.74) is -2.37. The third-order valence-electron chi connectivity index (χ3n) is 1.32. The average molecular weight is 117 g/mol. The lowest BCUT2D eigenvalue weighted by atomic mass is 9.90. The van der Waals surface area contributed by atoms with Gasteiger partial charge in [-0.15, -0.1) is 0 Å². The van der Waals surface area contributed by atoms with Crippen LogP contribution in [0.15, 0.2) is 0 Å². The Balaban J connectivity index is 4.02. The van der Waals surface area contributed by atoms with Crippen LogP contribution in [0, 0.1) is 6.92 Å². The molecule has 0 amide bonds. The second kappa shape index (κ2) is 1.64. The van der Waals surface area contributed by atoms with E-state index in [9.17, 15) is 0 Å². The van der Waals surface area contributed by atoms with Crippen LogP contribution in [0.3, 0.4) is 0 Å². The fourth-order valence-electron chi connectivity index (χ4n) is 0. The summed E-state index contributed by atoms with van der Waals surface area (Å²) >= 11 is 0. The molecule has 0 saturated carbocycles. The molecule has 0 radical (unpaired) electrons. The van der Waals surface area contributed by atoms with Crippen LogP contribution in [0.4, 0.5) is 0 Å².